The van der Waals surface area contributed by atoms with Gasteiger partial charge in [0.15, 0.2) is 0 Å². The van der Waals surface area contributed by atoms with Gasteiger partial charge in [-0.2, -0.15) is 0 Å². The molecule has 1 heterocycles. The van der Waals surface area contributed by atoms with E-state index < -0.39 is 15.9 Å². The molecule has 2 aromatic rings. The molecule has 1 atom stereocenters. The lowest BCUT2D eigenvalue weighted by Crippen LogP contribution is -2.44. The Balaban J connectivity index is 1.65. The van der Waals surface area contributed by atoms with E-state index in [0.29, 0.717) is 53.0 Å². The minimum atomic E-state index is -3.63. The van der Waals surface area contributed by atoms with E-state index in [2.05, 4.69) is 11.9 Å². The zero-order chi connectivity index (χ0) is 22.4. The molecule has 3 rings (SSSR count). The summed E-state index contributed by atoms with van der Waals surface area (Å²) in [6.07, 6.45) is 2.86. The molecular formula is C22H24Cl2N2O4S. The molecule has 31 heavy (non-hydrogen) atoms. The average molecular weight is 483 g/mol. The molecule has 0 aromatic heterocycles. The van der Waals surface area contributed by atoms with Gasteiger partial charge in [-0.15, -0.1) is 0 Å². The summed E-state index contributed by atoms with van der Waals surface area (Å²) < 4.78 is 32.7. The Hall–Kier alpha value is -2.06. The van der Waals surface area contributed by atoms with Crippen LogP contribution in [0.4, 0.5) is 5.69 Å². The highest BCUT2D eigenvalue weighted by Gasteiger charge is 2.32. The van der Waals surface area contributed by atoms with E-state index >= 15 is 0 Å². The van der Waals surface area contributed by atoms with Crippen molar-refractivity contribution in [1.82, 2.24) is 4.31 Å². The average Bonchev–Trinajstić information content (AvgIpc) is 2.74. The number of halogens is 2. The van der Waals surface area contributed by atoms with Crippen LogP contribution >= 0.6 is 23.2 Å². The summed E-state index contributed by atoms with van der Waals surface area (Å²) in [6, 6.07) is 11.8. The highest BCUT2D eigenvalue weighted by Crippen LogP contribution is 2.27. The smallest absolute Gasteiger partial charge is 0.228 e. The molecule has 2 aromatic carbocycles. The monoisotopic (exact) mass is 482 g/mol. The summed E-state index contributed by atoms with van der Waals surface area (Å²) in [7, 11) is -3.63. The number of hydrogen-bond acceptors (Lipinski definition) is 4. The second-order valence-electron chi connectivity index (χ2n) is 7.31. The number of anilines is 1. The van der Waals surface area contributed by atoms with E-state index in [9.17, 15) is 13.2 Å². The van der Waals surface area contributed by atoms with Crippen molar-refractivity contribution in [3.8, 4) is 5.75 Å². The molecule has 0 bridgehead atoms. The Morgan fingerprint density at radius 1 is 1.26 bits per heavy atom. The molecule has 0 spiro atoms. The Morgan fingerprint density at radius 2 is 2.06 bits per heavy atom. The van der Waals surface area contributed by atoms with E-state index in [1.54, 1.807) is 42.5 Å². The van der Waals surface area contributed by atoms with Crippen LogP contribution < -0.4 is 10.1 Å². The van der Waals surface area contributed by atoms with Crippen LogP contribution in [-0.2, 0) is 20.6 Å². The first-order valence-corrected chi connectivity index (χ1v) is 12.2. The molecule has 166 valence electrons. The van der Waals surface area contributed by atoms with Gasteiger partial charge >= 0.3 is 0 Å². The maximum Gasteiger partial charge on any atom is 0.228 e. The maximum atomic E-state index is 12.9. The first kappa shape index (κ1) is 23.6. The number of hydrogen-bond donors (Lipinski definition) is 1. The van der Waals surface area contributed by atoms with Crippen LogP contribution in [0.3, 0.4) is 0 Å². The predicted molar refractivity (Wildman–Crippen MR) is 124 cm³/mol. The van der Waals surface area contributed by atoms with Crippen molar-refractivity contribution >= 4 is 44.8 Å². The van der Waals surface area contributed by atoms with E-state index in [1.807, 2.05) is 0 Å². The summed E-state index contributed by atoms with van der Waals surface area (Å²) in [5.74, 6) is -0.280. The largest absolute Gasteiger partial charge is 0.489 e. The van der Waals surface area contributed by atoms with Crippen LogP contribution in [0.15, 0.2) is 55.1 Å². The van der Waals surface area contributed by atoms with E-state index in [4.69, 9.17) is 27.9 Å². The Bertz CT molecular complexity index is 1060. The number of rotatable bonds is 8. The topological polar surface area (TPSA) is 75.7 Å². The third-order valence-electron chi connectivity index (χ3n) is 4.97. The lowest BCUT2D eigenvalue weighted by molar-refractivity contribution is -0.120. The number of carbonyl (C=O) groups excluding carboxylic acids is 1. The van der Waals surface area contributed by atoms with Crippen LogP contribution in [0.25, 0.3) is 0 Å². The van der Waals surface area contributed by atoms with Crippen molar-refractivity contribution < 1.29 is 17.9 Å². The van der Waals surface area contributed by atoms with E-state index in [-0.39, 0.29) is 18.2 Å². The van der Waals surface area contributed by atoms with Gasteiger partial charge in [0.25, 0.3) is 0 Å². The summed E-state index contributed by atoms with van der Waals surface area (Å²) in [5.41, 5.74) is 1.08. The van der Waals surface area contributed by atoms with Crippen molar-refractivity contribution in [2.24, 2.45) is 5.92 Å². The fourth-order valence-electron chi connectivity index (χ4n) is 3.40. The number of nitrogens with zero attached hydrogens (tertiary/aromatic N) is 1. The van der Waals surface area contributed by atoms with Crippen molar-refractivity contribution in [1.29, 1.82) is 0 Å². The van der Waals surface area contributed by atoms with E-state index in [0.717, 1.165) is 0 Å². The second-order valence-corrected chi connectivity index (χ2v) is 10.1. The zero-order valence-electron chi connectivity index (χ0n) is 16.9. The minimum absolute atomic E-state index is 0.131. The highest BCUT2D eigenvalue weighted by atomic mass is 35.5. The molecule has 9 heteroatoms. The molecule has 6 nitrogen and oxygen atoms in total. The second kappa shape index (κ2) is 10.5. The molecule has 1 amide bonds. The molecule has 1 saturated heterocycles. The van der Waals surface area contributed by atoms with Gasteiger partial charge in [0.05, 0.1) is 11.7 Å². The van der Waals surface area contributed by atoms with Crippen LogP contribution in [0.2, 0.25) is 10.0 Å². The van der Waals surface area contributed by atoms with Gasteiger partial charge in [-0.05, 0) is 42.7 Å². The van der Waals surface area contributed by atoms with Gasteiger partial charge in [-0.25, -0.2) is 12.7 Å². The molecule has 1 fully saturated rings. The molecule has 0 aliphatic carbocycles. The Morgan fingerprint density at radius 3 is 2.81 bits per heavy atom. The molecule has 1 N–H and O–H groups in total. The fourth-order valence-corrected chi connectivity index (χ4v) is 5.59. The Kier molecular flexibility index (Phi) is 8.00. The molecule has 0 radical (unpaired) electrons. The van der Waals surface area contributed by atoms with Crippen LogP contribution in [0.1, 0.15) is 18.4 Å². The molecule has 1 aliphatic heterocycles. The Labute approximate surface area is 192 Å². The number of carbonyl (C=O) groups is 1. The van der Waals surface area contributed by atoms with Gasteiger partial charge in [-0.1, -0.05) is 48.0 Å². The third-order valence-corrected chi connectivity index (χ3v) is 7.35. The summed E-state index contributed by atoms with van der Waals surface area (Å²) >= 11 is 12.0. The number of nitrogens with one attached hydrogen (secondary N) is 1. The third kappa shape index (κ3) is 6.46. The standard InChI is InChI=1S/C22H24Cl2N2O4S/c1-2-11-30-20-7-3-6-19(13-20)25-22(27)16-5-4-10-26(14-16)31(28,29)15-17-8-9-18(23)12-21(17)24/h2-3,6-9,12-13,16H,1,4-5,10-11,14-15H2,(H,25,27). The lowest BCUT2D eigenvalue weighted by Gasteiger charge is -2.31. The normalized spacial score (nSPS) is 17.2. The minimum Gasteiger partial charge on any atom is -0.489 e. The number of ether oxygens (including phenoxy) is 1. The van der Waals surface area contributed by atoms with Gasteiger partial charge in [-0.3, -0.25) is 4.79 Å². The zero-order valence-corrected chi connectivity index (χ0v) is 19.2. The molecule has 1 aliphatic rings. The van der Waals surface area contributed by atoms with Crippen molar-refractivity contribution in [3.05, 3.63) is 70.7 Å². The fraction of sp³-hybridized carbons (Fsp3) is 0.318. The number of piperidine rings is 1. The van der Waals surface area contributed by atoms with Crippen LogP contribution in [-0.4, -0.2) is 38.3 Å². The van der Waals surface area contributed by atoms with Crippen molar-refractivity contribution in [2.45, 2.75) is 18.6 Å². The maximum absolute atomic E-state index is 12.9. The SMILES string of the molecule is C=CCOc1cccc(NC(=O)C2CCCN(S(=O)(=O)Cc3ccc(Cl)cc3Cl)C2)c1. The molecular weight excluding hydrogens is 459 g/mol. The molecule has 0 saturated carbocycles. The van der Waals surface area contributed by atoms with Crippen molar-refractivity contribution in [3.63, 3.8) is 0 Å². The van der Waals surface area contributed by atoms with E-state index in [1.165, 1.54) is 10.4 Å². The highest BCUT2D eigenvalue weighted by molar-refractivity contribution is 7.88. The van der Waals surface area contributed by atoms with Crippen LogP contribution in [0, 0.1) is 5.92 Å². The molecule has 1 unspecified atom stereocenters. The number of benzene rings is 2. The van der Waals surface area contributed by atoms with Gasteiger partial charge in [0.2, 0.25) is 15.9 Å². The summed E-state index contributed by atoms with van der Waals surface area (Å²) in [6.45, 7) is 4.48. The predicted octanol–water partition coefficient (Wildman–Crippen LogP) is 4.74. The summed E-state index contributed by atoms with van der Waals surface area (Å²) in [5, 5.41) is 3.61. The van der Waals surface area contributed by atoms with Gasteiger partial charge < -0.3 is 10.1 Å². The quantitative estimate of drug-likeness (QED) is 0.551. The lowest BCUT2D eigenvalue weighted by atomic mass is 9.98. The number of amides is 1. The van der Waals surface area contributed by atoms with Gasteiger partial charge in [0.1, 0.15) is 12.4 Å². The van der Waals surface area contributed by atoms with Crippen LogP contribution in [0.5, 0.6) is 5.75 Å². The van der Waals surface area contributed by atoms with Gasteiger partial charge in [0, 0.05) is 34.9 Å². The number of sulfonamides is 1. The first-order valence-electron chi connectivity index (χ1n) is 9.85. The van der Waals surface area contributed by atoms with Crippen molar-refractivity contribution in [2.75, 3.05) is 25.0 Å². The first-order chi connectivity index (χ1) is 14.8. The summed E-state index contributed by atoms with van der Waals surface area (Å²) in [4.78, 5) is 12.8.